The van der Waals surface area contributed by atoms with Crippen molar-refractivity contribution in [1.82, 2.24) is 0 Å². The van der Waals surface area contributed by atoms with Crippen molar-refractivity contribution in [2.45, 2.75) is 6.92 Å². The Morgan fingerprint density at radius 3 is 2.60 bits per heavy atom. The first-order valence-corrected chi connectivity index (χ1v) is 4.48. The van der Waals surface area contributed by atoms with E-state index >= 15 is 0 Å². The third-order valence-electron chi connectivity index (χ3n) is 1.65. The van der Waals surface area contributed by atoms with Crippen molar-refractivity contribution < 1.29 is 9.59 Å². The van der Waals surface area contributed by atoms with Crippen LogP contribution in [0.1, 0.15) is 6.92 Å². The Morgan fingerprint density at radius 2 is 2.00 bits per heavy atom. The molecule has 5 heteroatoms. The lowest BCUT2D eigenvalue weighted by Gasteiger charge is -2.06. The molecule has 0 bridgehead atoms. The van der Waals surface area contributed by atoms with Crippen LogP contribution in [-0.2, 0) is 9.59 Å². The first-order valence-electron chi connectivity index (χ1n) is 4.48. The summed E-state index contributed by atoms with van der Waals surface area (Å²) in [6.07, 6.45) is 0. The normalized spacial score (nSPS) is 9.40. The maximum atomic E-state index is 10.8. The van der Waals surface area contributed by atoms with Crippen molar-refractivity contribution >= 4 is 23.2 Å². The number of hydrogen-bond donors (Lipinski definition) is 3. The van der Waals surface area contributed by atoms with E-state index in [9.17, 15) is 9.59 Å². The zero-order valence-electron chi connectivity index (χ0n) is 8.41. The SMILES string of the molecule is CC(=O)Nc1cccc(NCC(N)=O)c1. The number of carbonyl (C=O) groups is 2. The Labute approximate surface area is 87.7 Å². The van der Waals surface area contributed by atoms with Crippen LogP contribution in [-0.4, -0.2) is 18.4 Å². The summed E-state index contributed by atoms with van der Waals surface area (Å²) < 4.78 is 0. The molecule has 4 N–H and O–H groups in total. The summed E-state index contributed by atoms with van der Waals surface area (Å²) in [7, 11) is 0. The highest BCUT2D eigenvalue weighted by Crippen LogP contribution is 2.14. The Hall–Kier alpha value is -2.04. The quantitative estimate of drug-likeness (QED) is 0.673. The highest BCUT2D eigenvalue weighted by Gasteiger charge is 1.98. The first kappa shape index (κ1) is 11.0. The van der Waals surface area contributed by atoms with Gasteiger partial charge < -0.3 is 16.4 Å². The van der Waals surface area contributed by atoms with Crippen LogP contribution >= 0.6 is 0 Å². The molecule has 1 aromatic carbocycles. The fourth-order valence-electron chi connectivity index (χ4n) is 1.10. The van der Waals surface area contributed by atoms with Gasteiger partial charge in [-0.25, -0.2) is 0 Å². The van der Waals surface area contributed by atoms with Crippen LogP contribution in [0.3, 0.4) is 0 Å². The predicted octanol–water partition coefficient (Wildman–Crippen LogP) is 0.542. The summed E-state index contributed by atoms with van der Waals surface area (Å²) in [4.78, 5) is 21.3. The average Bonchev–Trinajstić information content (AvgIpc) is 2.14. The van der Waals surface area contributed by atoms with Crippen LogP contribution in [0.5, 0.6) is 0 Å². The lowest BCUT2D eigenvalue weighted by Crippen LogP contribution is -2.21. The Balaban J connectivity index is 2.65. The Bertz CT molecular complexity index is 377. The van der Waals surface area contributed by atoms with E-state index in [1.807, 2.05) is 0 Å². The van der Waals surface area contributed by atoms with Crippen LogP contribution in [0, 0.1) is 0 Å². The van der Waals surface area contributed by atoms with Gasteiger partial charge in [0.25, 0.3) is 0 Å². The topological polar surface area (TPSA) is 84.2 Å². The molecule has 0 atom stereocenters. The number of amides is 2. The molecule has 0 aliphatic heterocycles. The molecule has 5 nitrogen and oxygen atoms in total. The number of anilines is 2. The van der Waals surface area contributed by atoms with Crippen LogP contribution < -0.4 is 16.4 Å². The second kappa shape index (κ2) is 4.99. The van der Waals surface area contributed by atoms with Crippen molar-refractivity contribution in [2.75, 3.05) is 17.2 Å². The smallest absolute Gasteiger partial charge is 0.236 e. The molecule has 0 heterocycles. The Morgan fingerprint density at radius 1 is 1.33 bits per heavy atom. The highest BCUT2D eigenvalue weighted by molar-refractivity contribution is 5.89. The van der Waals surface area contributed by atoms with Gasteiger partial charge in [0.15, 0.2) is 0 Å². The molecule has 0 unspecified atom stereocenters. The van der Waals surface area contributed by atoms with E-state index in [-0.39, 0.29) is 12.5 Å². The molecule has 0 radical (unpaired) electrons. The molecule has 1 aromatic rings. The van der Waals surface area contributed by atoms with Gasteiger partial charge in [-0.05, 0) is 18.2 Å². The largest absolute Gasteiger partial charge is 0.376 e. The fourth-order valence-corrected chi connectivity index (χ4v) is 1.10. The highest BCUT2D eigenvalue weighted by atomic mass is 16.1. The molecular formula is C10H13N3O2. The molecule has 15 heavy (non-hydrogen) atoms. The van der Waals surface area contributed by atoms with E-state index in [2.05, 4.69) is 10.6 Å². The third-order valence-corrected chi connectivity index (χ3v) is 1.65. The summed E-state index contributed by atoms with van der Waals surface area (Å²) >= 11 is 0. The molecule has 80 valence electrons. The molecule has 1 rings (SSSR count). The number of benzene rings is 1. The number of nitrogens with two attached hydrogens (primary N) is 1. The lowest BCUT2D eigenvalue weighted by molar-refractivity contribution is -0.116. The summed E-state index contributed by atoms with van der Waals surface area (Å²) in [5.41, 5.74) is 6.40. The van der Waals surface area contributed by atoms with Crippen LogP contribution in [0.2, 0.25) is 0 Å². The van der Waals surface area contributed by atoms with Gasteiger partial charge in [-0.2, -0.15) is 0 Å². The zero-order chi connectivity index (χ0) is 11.3. The van der Waals surface area contributed by atoms with E-state index in [0.29, 0.717) is 5.69 Å². The zero-order valence-corrected chi connectivity index (χ0v) is 8.41. The number of primary amides is 1. The summed E-state index contributed by atoms with van der Waals surface area (Å²) in [5.74, 6) is -0.568. The number of hydrogen-bond acceptors (Lipinski definition) is 3. The van der Waals surface area contributed by atoms with E-state index in [1.54, 1.807) is 24.3 Å². The minimum Gasteiger partial charge on any atom is -0.376 e. The van der Waals surface area contributed by atoms with Gasteiger partial charge in [-0.15, -0.1) is 0 Å². The molecule has 0 aromatic heterocycles. The maximum Gasteiger partial charge on any atom is 0.236 e. The van der Waals surface area contributed by atoms with Gasteiger partial charge in [-0.3, -0.25) is 9.59 Å². The summed E-state index contributed by atoms with van der Waals surface area (Å²) in [6.45, 7) is 1.51. The molecular weight excluding hydrogens is 194 g/mol. The van der Waals surface area contributed by atoms with Crippen molar-refractivity contribution in [3.8, 4) is 0 Å². The Kier molecular flexibility index (Phi) is 3.68. The van der Waals surface area contributed by atoms with Gasteiger partial charge in [-0.1, -0.05) is 6.07 Å². The number of rotatable bonds is 4. The molecule has 0 saturated heterocycles. The van der Waals surface area contributed by atoms with Gasteiger partial charge in [0.2, 0.25) is 11.8 Å². The predicted molar refractivity (Wildman–Crippen MR) is 58.4 cm³/mol. The molecule has 0 spiro atoms. The van der Waals surface area contributed by atoms with Gasteiger partial charge in [0.05, 0.1) is 6.54 Å². The maximum absolute atomic E-state index is 10.8. The monoisotopic (exact) mass is 207 g/mol. The van der Waals surface area contributed by atoms with E-state index in [4.69, 9.17) is 5.73 Å². The van der Waals surface area contributed by atoms with Crippen LogP contribution in [0.25, 0.3) is 0 Å². The van der Waals surface area contributed by atoms with Crippen molar-refractivity contribution in [2.24, 2.45) is 5.73 Å². The van der Waals surface area contributed by atoms with E-state index in [1.165, 1.54) is 6.92 Å². The molecule has 2 amide bonds. The van der Waals surface area contributed by atoms with Gasteiger partial charge in [0, 0.05) is 18.3 Å². The average molecular weight is 207 g/mol. The standard InChI is InChI=1S/C10H13N3O2/c1-7(14)13-9-4-2-3-8(5-9)12-6-10(11)15/h2-5,12H,6H2,1H3,(H2,11,15)(H,13,14). The minimum atomic E-state index is -0.431. The van der Waals surface area contributed by atoms with Gasteiger partial charge >= 0.3 is 0 Å². The summed E-state index contributed by atoms with van der Waals surface area (Å²) in [5, 5.41) is 5.47. The molecule has 0 fully saturated rings. The van der Waals surface area contributed by atoms with Crippen molar-refractivity contribution in [3.63, 3.8) is 0 Å². The third kappa shape index (κ3) is 4.12. The van der Waals surface area contributed by atoms with Crippen molar-refractivity contribution in [1.29, 1.82) is 0 Å². The first-order chi connectivity index (χ1) is 7.08. The van der Waals surface area contributed by atoms with Crippen LogP contribution in [0.15, 0.2) is 24.3 Å². The minimum absolute atomic E-state index is 0.0729. The van der Waals surface area contributed by atoms with E-state index < -0.39 is 5.91 Å². The summed E-state index contributed by atoms with van der Waals surface area (Å²) in [6, 6.07) is 7.05. The second-order valence-electron chi connectivity index (χ2n) is 3.08. The van der Waals surface area contributed by atoms with Crippen molar-refractivity contribution in [3.05, 3.63) is 24.3 Å². The molecule has 0 aliphatic rings. The molecule has 0 aliphatic carbocycles. The molecule has 0 saturated carbocycles. The number of nitrogens with one attached hydrogen (secondary N) is 2. The second-order valence-corrected chi connectivity index (χ2v) is 3.08. The number of carbonyl (C=O) groups excluding carboxylic acids is 2. The van der Waals surface area contributed by atoms with Gasteiger partial charge in [0.1, 0.15) is 0 Å². The fraction of sp³-hybridized carbons (Fsp3) is 0.200. The lowest BCUT2D eigenvalue weighted by atomic mass is 10.2. The van der Waals surface area contributed by atoms with Crippen LogP contribution in [0.4, 0.5) is 11.4 Å². The van der Waals surface area contributed by atoms with E-state index in [0.717, 1.165) is 5.69 Å².